The zero-order valence-electron chi connectivity index (χ0n) is 23.3. The van der Waals surface area contributed by atoms with E-state index in [4.69, 9.17) is 9.97 Å². The van der Waals surface area contributed by atoms with Gasteiger partial charge in [-0.3, -0.25) is 9.20 Å². The van der Waals surface area contributed by atoms with E-state index in [9.17, 15) is 13.2 Å². The first kappa shape index (κ1) is 25.9. The van der Waals surface area contributed by atoms with Crippen molar-refractivity contribution >= 4 is 38.8 Å². The number of hydrogen-bond acceptors (Lipinski definition) is 10. The van der Waals surface area contributed by atoms with E-state index in [-0.39, 0.29) is 29.2 Å². The van der Waals surface area contributed by atoms with Gasteiger partial charge in [0.25, 0.3) is 0 Å². The van der Waals surface area contributed by atoms with E-state index >= 15 is 0 Å². The van der Waals surface area contributed by atoms with Crippen molar-refractivity contribution < 1.29 is 13.2 Å². The van der Waals surface area contributed by atoms with Crippen LogP contribution in [0.2, 0.25) is 0 Å². The number of rotatable bonds is 4. The predicted octanol–water partition coefficient (Wildman–Crippen LogP) is 1.91. The highest BCUT2D eigenvalue weighted by Gasteiger charge is 2.57. The van der Waals surface area contributed by atoms with Crippen LogP contribution in [0.1, 0.15) is 59.4 Å². The highest BCUT2D eigenvalue weighted by molar-refractivity contribution is 7.95. The highest BCUT2D eigenvalue weighted by atomic mass is 32.2. The monoisotopic (exact) mass is 553 g/mol. The molecule has 3 aliphatic heterocycles. The van der Waals surface area contributed by atoms with E-state index < -0.39 is 14.6 Å². The number of hydrogen-bond donors (Lipinski definition) is 0. The number of sulfone groups is 1. The van der Waals surface area contributed by atoms with Crippen LogP contribution in [0.4, 0.5) is 17.5 Å². The predicted molar refractivity (Wildman–Crippen MR) is 147 cm³/mol. The first-order valence-corrected chi connectivity index (χ1v) is 15.2. The van der Waals surface area contributed by atoms with E-state index in [1.54, 1.807) is 24.3 Å². The number of carbonyl (C=O) groups excluding carboxylic acids is 1. The zero-order chi connectivity index (χ0) is 27.9. The summed E-state index contributed by atoms with van der Waals surface area (Å²) in [6.45, 7) is 13.7. The molecular weight excluding hydrogens is 518 g/mol. The lowest BCUT2D eigenvalue weighted by molar-refractivity contribution is -0.137. The lowest BCUT2D eigenvalue weighted by atomic mass is 9.87. The van der Waals surface area contributed by atoms with Crippen LogP contribution in [-0.2, 0) is 26.5 Å². The Morgan fingerprint density at radius 1 is 1.05 bits per heavy atom. The van der Waals surface area contributed by atoms with Crippen molar-refractivity contribution in [3.05, 3.63) is 30.1 Å². The van der Waals surface area contributed by atoms with Gasteiger partial charge >= 0.3 is 0 Å². The molecule has 0 spiro atoms. The number of fused-ring (bicyclic) bond motifs is 2. The van der Waals surface area contributed by atoms with Gasteiger partial charge in [-0.1, -0.05) is 20.8 Å². The summed E-state index contributed by atoms with van der Waals surface area (Å²) in [7, 11) is -3.39. The van der Waals surface area contributed by atoms with E-state index in [0.717, 1.165) is 35.3 Å². The van der Waals surface area contributed by atoms with Crippen LogP contribution in [0.3, 0.4) is 0 Å². The smallest absolute Gasteiger partial charge is 0.244 e. The van der Waals surface area contributed by atoms with Crippen LogP contribution in [0.25, 0.3) is 5.65 Å². The van der Waals surface area contributed by atoms with Crippen molar-refractivity contribution in [2.24, 2.45) is 0 Å². The molecule has 39 heavy (non-hydrogen) atoms. The van der Waals surface area contributed by atoms with Gasteiger partial charge in [-0.05, 0) is 27.2 Å². The zero-order valence-corrected chi connectivity index (χ0v) is 24.1. The number of aromatic nitrogens is 6. The van der Waals surface area contributed by atoms with Crippen LogP contribution in [-0.4, -0.2) is 91.0 Å². The third-order valence-corrected chi connectivity index (χ3v) is 11.2. The standard InChI is InChI=1S/C26H35N9O3S/c1-7-18-30-31-19-10-27-20(13-34(18)19)35-14-25(4,5)21-22(28-15-29-23(21)35)32-11-17(3)33(12-16(32)2)24(36)26(6)8-9-39(26,37)38/h10,13,15-17H,7-9,11-12,14H2,1-6H3/t16-,17+,26?/m0/s1. The van der Waals surface area contributed by atoms with Crippen molar-refractivity contribution in [3.8, 4) is 0 Å². The minimum atomic E-state index is -3.39. The van der Waals surface area contributed by atoms with Crippen LogP contribution in [0.5, 0.6) is 0 Å². The summed E-state index contributed by atoms with van der Waals surface area (Å²) >= 11 is 0. The topological polar surface area (TPSA) is 130 Å². The summed E-state index contributed by atoms with van der Waals surface area (Å²) in [5, 5.41) is 8.47. The van der Waals surface area contributed by atoms with Crippen molar-refractivity contribution in [1.82, 2.24) is 34.4 Å². The molecule has 2 saturated heterocycles. The van der Waals surface area contributed by atoms with Crippen molar-refractivity contribution in [3.63, 3.8) is 0 Å². The Balaban J connectivity index is 1.33. The minimum Gasteiger partial charge on any atom is -0.350 e. The van der Waals surface area contributed by atoms with Gasteiger partial charge in [0.1, 0.15) is 28.5 Å². The lowest BCUT2D eigenvalue weighted by Gasteiger charge is -2.49. The minimum absolute atomic E-state index is 0.0565. The first-order chi connectivity index (χ1) is 18.4. The molecule has 0 aromatic carbocycles. The maximum absolute atomic E-state index is 13.4. The Hall–Kier alpha value is -3.35. The fourth-order valence-corrected chi connectivity index (χ4v) is 7.71. The summed E-state index contributed by atoms with van der Waals surface area (Å²) in [5.74, 6) is 3.09. The highest BCUT2D eigenvalue weighted by Crippen LogP contribution is 2.47. The number of piperazine rings is 1. The molecule has 13 heteroatoms. The second-order valence-corrected chi connectivity index (χ2v) is 14.5. The largest absolute Gasteiger partial charge is 0.350 e. The quantitative estimate of drug-likeness (QED) is 0.472. The number of carbonyl (C=O) groups is 1. The van der Waals surface area contributed by atoms with Gasteiger partial charge in [0, 0.05) is 49.1 Å². The van der Waals surface area contributed by atoms with Gasteiger partial charge in [-0.15, -0.1) is 10.2 Å². The molecule has 12 nitrogen and oxygen atoms in total. The van der Waals surface area contributed by atoms with Gasteiger partial charge in [0.2, 0.25) is 5.91 Å². The molecule has 6 heterocycles. The fourth-order valence-electron chi connectivity index (χ4n) is 6.18. The second-order valence-electron chi connectivity index (χ2n) is 11.9. The lowest BCUT2D eigenvalue weighted by Crippen LogP contribution is -2.66. The molecule has 208 valence electrons. The number of anilines is 3. The summed E-state index contributed by atoms with van der Waals surface area (Å²) in [6.07, 6.45) is 6.43. The third-order valence-electron chi connectivity index (χ3n) is 8.74. The van der Waals surface area contributed by atoms with E-state index in [2.05, 4.69) is 45.8 Å². The molecule has 0 bridgehead atoms. The van der Waals surface area contributed by atoms with Gasteiger partial charge in [0.05, 0.1) is 18.1 Å². The number of nitrogens with zero attached hydrogens (tertiary/aromatic N) is 9. The van der Waals surface area contributed by atoms with E-state index in [1.807, 2.05) is 24.4 Å². The van der Waals surface area contributed by atoms with Crippen LogP contribution in [0, 0.1) is 0 Å². The number of amides is 1. The molecule has 1 unspecified atom stereocenters. The summed E-state index contributed by atoms with van der Waals surface area (Å²) in [5.41, 5.74) is 1.47. The molecule has 3 aromatic rings. The van der Waals surface area contributed by atoms with Gasteiger partial charge < -0.3 is 14.7 Å². The molecular formula is C26H35N9O3S. The average molecular weight is 554 g/mol. The van der Waals surface area contributed by atoms with Crippen LogP contribution < -0.4 is 9.80 Å². The molecule has 3 aromatic heterocycles. The number of aryl methyl sites for hydroxylation is 1. The third kappa shape index (κ3) is 3.72. The van der Waals surface area contributed by atoms with Gasteiger partial charge in [-0.25, -0.2) is 23.4 Å². The molecule has 0 aliphatic carbocycles. The Bertz CT molecular complexity index is 1590. The Kier molecular flexibility index (Phi) is 5.69. The van der Waals surface area contributed by atoms with Crippen LogP contribution in [0.15, 0.2) is 18.7 Å². The Morgan fingerprint density at radius 2 is 1.79 bits per heavy atom. The average Bonchev–Trinajstić information content (AvgIpc) is 3.45. The molecule has 2 fully saturated rings. The Labute approximate surface area is 228 Å². The maximum Gasteiger partial charge on any atom is 0.244 e. The molecule has 0 radical (unpaired) electrons. The van der Waals surface area contributed by atoms with E-state index in [1.165, 1.54) is 0 Å². The molecule has 1 amide bonds. The summed E-state index contributed by atoms with van der Waals surface area (Å²) in [6, 6.07) is -0.225. The molecule has 0 saturated carbocycles. The maximum atomic E-state index is 13.4. The molecule has 6 rings (SSSR count). The van der Waals surface area contributed by atoms with Crippen LogP contribution >= 0.6 is 0 Å². The molecule has 0 N–H and O–H groups in total. The van der Waals surface area contributed by atoms with E-state index in [0.29, 0.717) is 31.7 Å². The van der Waals surface area contributed by atoms with Crippen molar-refractivity contribution in [2.45, 2.75) is 76.6 Å². The van der Waals surface area contributed by atoms with Gasteiger partial charge in [-0.2, -0.15) is 0 Å². The fraction of sp³-hybridized carbons (Fsp3) is 0.615. The SMILES string of the molecule is CCc1nnc2cnc(N3CC(C)(C)c4c3ncnc4N3C[C@@H](C)N(C(=O)C4(C)CCS4(=O)=O)C[C@@H]3C)cn12. The normalized spacial score (nSPS) is 27.5. The second kappa shape index (κ2) is 8.57. The summed E-state index contributed by atoms with van der Waals surface area (Å²) in [4.78, 5) is 33.7. The van der Waals surface area contributed by atoms with Crippen molar-refractivity contribution in [2.75, 3.05) is 35.2 Å². The summed E-state index contributed by atoms with van der Waals surface area (Å²) < 4.78 is 25.6. The van der Waals surface area contributed by atoms with Gasteiger partial charge in [0.15, 0.2) is 21.3 Å². The van der Waals surface area contributed by atoms with Crippen molar-refractivity contribution in [1.29, 1.82) is 0 Å². The molecule has 3 atom stereocenters. The Morgan fingerprint density at radius 3 is 2.46 bits per heavy atom. The first-order valence-electron chi connectivity index (χ1n) is 13.5. The molecule has 3 aliphatic rings.